The largest absolute Gasteiger partial charge is 0.453 e. The van der Waals surface area contributed by atoms with Gasteiger partial charge in [0, 0.05) is 0 Å². The van der Waals surface area contributed by atoms with E-state index in [2.05, 4.69) is 55.9 Å². The highest BCUT2D eigenvalue weighted by Gasteiger charge is 2.63. The van der Waals surface area contributed by atoms with Gasteiger partial charge in [-0.15, -0.1) is 0 Å². The quantitative estimate of drug-likeness (QED) is 0.893. The molecule has 0 amide bonds. The maximum absolute atomic E-state index is 5.56. The van der Waals surface area contributed by atoms with Crippen LogP contribution in [0.3, 0.4) is 0 Å². The lowest BCUT2D eigenvalue weighted by atomic mass is 10.0. The molecule has 0 aromatic carbocycles. The average Bonchev–Trinajstić information content (AvgIpc) is 2.55. The Morgan fingerprint density at radius 3 is 2.29 bits per heavy atom. The molecule has 1 unspecified atom stereocenters. The summed E-state index contributed by atoms with van der Waals surface area (Å²) in [5.41, 5.74) is 0.896. The summed E-state index contributed by atoms with van der Waals surface area (Å²) in [6, 6.07) is 4.23. The molecule has 1 aliphatic rings. The smallest absolute Gasteiger partial charge is 0.169 e. The minimum absolute atomic E-state index is 0.272. The highest BCUT2D eigenvalue weighted by atomic mass is 79.9. The predicted octanol–water partition coefficient (Wildman–Crippen LogP) is 4.37. The molecule has 1 aromatic heterocycles. The van der Waals surface area contributed by atoms with Crippen LogP contribution in [0.15, 0.2) is 21.2 Å². The van der Waals surface area contributed by atoms with E-state index in [1.165, 1.54) is 0 Å². The SMILES string of the molecule is CC(NCC1C(C)(C)C1(C)C)c1ccc(Br)o1. The molecule has 1 aromatic rings. The Bertz CT molecular complexity index is 394. The van der Waals surface area contributed by atoms with Crippen LogP contribution in [0.1, 0.15) is 46.4 Å². The summed E-state index contributed by atoms with van der Waals surface area (Å²) >= 11 is 3.33. The average molecular weight is 300 g/mol. The van der Waals surface area contributed by atoms with Crippen LogP contribution in [0.25, 0.3) is 0 Å². The second kappa shape index (κ2) is 4.13. The molecule has 1 heterocycles. The Morgan fingerprint density at radius 2 is 1.88 bits per heavy atom. The number of hydrogen-bond donors (Lipinski definition) is 1. The van der Waals surface area contributed by atoms with Crippen LogP contribution in [-0.2, 0) is 0 Å². The molecule has 2 rings (SSSR count). The molecule has 1 saturated carbocycles. The van der Waals surface area contributed by atoms with Crippen LogP contribution in [0.5, 0.6) is 0 Å². The maximum Gasteiger partial charge on any atom is 0.169 e. The van der Waals surface area contributed by atoms with E-state index < -0.39 is 0 Å². The number of rotatable bonds is 4. The van der Waals surface area contributed by atoms with E-state index in [-0.39, 0.29) is 6.04 Å². The first-order valence-corrected chi connectivity index (χ1v) is 7.04. The first-order chi connectivity index (χ1) is 7.76. The van der Waals surface area contributed by atoms with Crippen LogP contribution in [0.2, 0.25) is 0 Å². The van der Waals surface area contributed by atoms with Crippen molar-refractivity contribution in [3.8, 4) is 0 Å². The van der Waals surface area contributed by atoms with Gasteiger partial charge in [0.15, 0.2) is 4.67 Å². The fourth-order valence-electron chi connectivity index (χ4n) is 2.80. The van der Waals surface area contributed by atoms with Crippen molar-refractivity contribution in [3.63, 3.8) is 0 Å². The number of nitrogens with one attached hydrogen (secondary N) is 1. The Morgan fingerprint density at radius 1 is 1.29 bits per heavy atom. The van der Waals surface area contributed by atoms with Gasteiger partial charge < -0.3 is 9.73 Å². The molecule has 1 N–H and O–H groups in total. The zero-order chi connectivity index (χ0) is 12.8. The highest BCUT2D eigenvalue weighted by molar-refractivity contribution is 9.10. The minimum atomic E-state index is 0.272. The van der Waals surface area contributed by atoms with Gasteiger partial charge in [0.25, 0.3) is 0 Å². The molecule has 0 bridgehead atoms. The zero-order valence-corrected chi connectivity index (χ0v) is 12.9. The van der Waals surface area contributed by atoms with Gasteiger partial charge in [-0.3, -0.25) is 0 Å². The summed E-state index contributed by atoms with van der Waals surface area (Å²) in [5.74, 6) is 1.74. The van der Waals surface area contributed by atoms with Crippen LogP contribution in [0, 0.1) is 16.7 Å². The third-order valence-electron chi connectivity index (χ3n) is 4.97. The molecule has 1 aliphatic carbocycles. The van der Waals surface area contributed by atoms with E-state index in [0.29, 0.717) is 10.8 Å². The Kier molecular flexibility index (Phi) is 3.20. The number of hydrogen-bond acceptors (Lipinski definition) is 2. The van der Waals surface area contributed by atoms with Crippen LogP contribution < -0.4 is 5.32 Å². The van der Waals surface area contributed by atoms with E-state index in [9.17, 15) is 0 Å². The summed E-state index contributed by atoms with van der Waals surface area (Å²) in [5, 5.41) is 3.57. The lowest BCUT2D eigenvalue weighted by Crippen LogP contribution is -2.22. The van der Waals surface area contributed by atoms with Gasteiger partial charge in [0.2, 0.25) is 0 Å². The summed E-state index contributed by atoms with van der Waals surface area (Å²) in [7, 11) is 0. The van der Waals surface area contributed by atoms with Crippen molar-refractivity contribution >= 4 is 15.9 Å². The Balaban J connectivity index is 1.88. The Hall–Kier alpha value is -0.280. The molecular weight excluding hydrogens is 278 g/mol. The van der Waals surface area contributed by atoms with Gasteiger partial charge in [-0.2, -0.15) is 0 Å². The highest BCUT2D eigenvalue weighted by Crippen LogP contribution is 2.68. The van der Waals surface area contributed by atoms with Crippen molar-refractivity contribution in [2.45, 2.75) is 40.7 Å². The summed E-state index contributed by atoms with van der Waals surface area (Å²) in [6.45, 7) is 12.6. The third-order valence-corrected chi connectivity index (χ3v) is 5.39. The molecule has 1 fully saturated rings. The summed E-state index contributed by atoms with van der Waals surface area (Å²) in [6.07, 6.45) is 0. The number of furan rings is 1. The molecule has 1 atom stereocenters. The topological polar surface area (TPSA) is 25.2 Å². The van der Waals surface area contributed by atoms with Gasteiger partial charge in [-0.05, 0) is 58.3 Å². The van der Waals surface area contributed by atoms with E-state index in [1.54, 1.807) is 0 Å². The van der Waals surface area contributed by atoms with Crippen molar-refractivity contribution < 1.29 is 4.42 Å². The molecule has 0 aliphatic heterocycles. The molecule has 2 nitrogen and oxygen atoms in total. The Labute approximate surface area is 112 Å². The zero-order valence-electron chi connectivity index (χ0n) is 11.3. The van der Waals surface area contributed by atoms with E-state index in [0.717, 1.165) is 22.9 Å². The van der Waals surface area contributed by atoms with E-state index in [4.69, 9.17) is 4.42 Å². The van der Waals surface area contributed by atoms with Gasteiger partial charge in [-0.1, -0.05) is 27.7 Å². The molecule has 17 heavy (non-hydrogen) atoms. The molecule has 0 spiro atoms. The monoisotopic (exact) mass is 299 g/mol. The molecule has 3 heteroatoms. The van der Waals surface area contributed by atoms with E-state index in [1.807, 2.05) is 12.1 Å². The fourth-order valence-corrected chi connectivity index (χ4v) is 3.12. The van der Waals surface area contributed by atoms with Crippen molar-refractivity contribution in [2.24, 2.45) is 16.7 Å². The van der Waals surface area contributed by atoms with Gasteiger partial charge in [-0.25, -0.2) is 0 Å². The molecule has 96 valence electrons. The second-order valence-electron chi connectivity index (χ2n) is 6.27. The van der Waals surface area contributed by atoms with Crippen molar-refractivity contribution in [3.05, 3.63) is 22.6 Å². The first kappa shape index (κ1) is 13.2. The van der Waals surface area contributed by atoms with Crippen molar-refractivity contribution in [2.75, 3.05) is 6.54 Å². The van der Waals surface area contributed by atoms with Gasteiger partial charge in [0.05, 0.1) is 6.04 Å². The second-order valence-corrected chi connectivity index (χ2v) is 7.05. The maximum atomic E-state index is 5.56. The molecule has 0 radical (unpaired) electrons. The molecule has 0 saturated heterocycles. The fraction of sp³-hybridized carbons (Fsp3) is 0.714. The van der Waals surface area contributed by atoms with Gasteiger partial charge >= 0.3 is 0 Å². The lowest BCUT2D eigenvalue weighted by molar-refractivity contribution is 0.402. The standard InChI is InChI=1S/C14H22BrNO/c1-9(10-6-7-12(15)17-10)16-8-11-13(2,3)14(11,4)5/h6-7,9,11,16H,8H2,1-5H3. The number of halogens is 1. The van der Waals surface area contributed by atoms with Crippen LogP contribution in [-0.4, -0.2) is 6.54 Å². The first-order valence-electron chi connectivity index (χ1n) is 6.25. The predicted molar refractivity (Wildman–Crippen MR) is 73.9 cm³/mol. The van der Waals surface area contributed by atoms with Gasteiger partial charge in [0.1, 0.15) is 5.76 Å². The normalized spacial score (nSPS) is 23.6. The van der Waals surface area contributed by atoms with E-state index >= 15 is 0 Å². The summed E-state index contributed by atoms with van der Waals surface area (Å²) in [4.78, 5) is 0. The molecular formula is C14H22BrNO. The van der Waals surface area contributed by atoms with Crippen molar-refractivity contribution in [1.82, 2.24) is 5.32 Å². The van der Waals surface area contributed by atoms with Crippen molar-refractivity contribution in [1.29, 1.82) is 0 Å². The third kappa shape index (κ3) is 2.19. The minimum Gasteiger partial charge on any atom is -0.453 e. The van der Waals surface area contributed by atoms with Crippen LogP contribution >= 0.6 is 15.9 Å². The summed E-state index contributed by atoms with van der Waals surface area (Å²) < 4.78 is 6.36. The lowest BCUT2D eigenvalue weighted by Gasteiger charge is -2.12. The van der Waals surface area contributed by atoms with Crippen LogP contribution in [0.4, 0.5) is 0 Å².